The number of carbonyl (C=O) groups excluding carboxylic acids is 1. The Morgan fingerprint density at radius 1 is 0.977 bits per heavy atom. The Bertz CT molecular complexity index is 1520. The van der Waals surface area contributed by atoms with E-state index >= 15 is 0 Å². The lowest BCUT2D eigenvalue weighted by Crippen LogP contribution is -2.37. The molecule has 1 aliphatic rings. The number of alkyl halides is 3. The molecule has 0 unspecified atom stereocenters. The van der Waals surface area contributed by atoms with E-state index in [4.69, 9.17) is 5.73 Å². The van der Waals surface area contributed by atoms with Crippen molar-refractivity contribution in [2.45, 2.75) is 50.9 Å². The van der Waals surface area contributed by atoms with Gasteiger partial charge in [-0.1, -0.05) is 48.6 Å². The lowest BCUT2D eigenvalue weighted by Gasteiger charge is -2.28. The fourth-order valence-corrected chi connectivity index (χ4v) is 5.13. The highest BCUT2D eigenvalue weighted by atomic mass is 19.4. The van der Waals surface area contributed by atoms with E-state index in [0.29, 0.717) is 29.7 Å². The summed E-state index contributed by atoms with van der Waals surface area (Å²) in [4.78, 5) is 19.0. The minimum Gasteiger partial charge on any atom is -0.406 e. The number of nitrogens with one attached hydrogen (secondary N) is 3. The number of aliphatic imine (C=N–C) groups is 1. The van der Waals surface area contributed by atoms with Crippen LogP contribution in [0.5, 0.6) is 5.75 Å². The number of aromatic amines is 1. The number of aromatic nitrogens is 4. The predicted octanol–water partition coefficient (Wildman–Crippen LogP) is 5.79. The average Bonchev–Trinajstić information content (AvgIpc) is 3.54. The Kier molecular flexibility index (Phi) is 9.69. The zero-order valence-electron chi connectivity index (χ0n) is 23.7. The van der Waals surface area contributed by atoms with E-state index in [2.05, 4.69) is 53.1 Å². The highest BCUT2D eigenvalue weighted by Crippen LogP contribution is 2.34. The van der Waals surface area contributed by atoms with Crippen molar-refractivity contribution in [3.63, 3.8) is 0 Å². The molecule has 3 aromatic carbocycles. The molecule has 0 radical (unpaired) electrons. The molecule has 1 saturated carbocycles. The number of guanidine groups is 1. The summed E-state index contributed by atoms with van der Waals surface area (Å²) in [6.07, 6.45) is 1.28. The quantitative estimate of drug-likeness (QED) is 0.138. The molecule has 11 nitrogen and oxygen atoms in total. The smallest absolute Gasteiger partial charge is 0.406 e. The Labute approximate surface area is 251 Å². The molecule has 1 aromatic heterocycles. The lowest BCUT2D eigenvalue weighted by atomic mass is 9.84. The van der Waals surface area contributed by atoms with E-state index in [9.17, 15) is 18.0 Å². The first kappa shape index (κ1) is 30.5. The summed E-state index contributed by atoms with van der Waals surface area (Å²) >= 11 is 0. The number of H-pyrrole nitrogens is 1. The topological polar surface area (TPSA) is 146 Å². The van der Waals surface area contributed by atoms with Gasteiger partial charge >= 0.3 is 6.36 Å². The van der Waals surface area contributed by atoms with Crippen LogP contribution < -0.4 is 26.0 Å². The fraction of sp³-hybridized carbons (Fsp3) is 0.300. The van der Waals surface area contributed by atoms with Gasteiger partial charge in [0.25, 0.3) is 11.9 Å². The maximum Gasteiger partial charge on any atom is 0.573 e. The molecule has 1 amide bonds. The average molecular weight is 608 g/mol. The van der Waals surface area contributed by atoms with E-state index in [1.54, 1.807) is 12.1 Å². The second-order valence-corrected chi connectivity index (χ2v) is 10.3. The monoisotopic (exact) mass is 607 g/mol. The number of hydrogen-bond donors (Lipinski definition) is 4. The maximum atomic E-state index is 12.6. The van der Waals surface area contributed by atoms with Gasteiger partial charge in [-0.2, -0.15) is 5.21 Å². The van der Waals surface area contributed by atoms with Crippen LogP contribution in [0.1, 0.15) is 59.5 Å². The Hall–Kier alpha value is -4.98. The fourth-order valence-electron chi connectivity index (χ4n) is 5.13. The van der Waals surface area contributed by atoms with Crippen LogP contribution in [0.15, 0.2) is 77.8 Å². The predicted molar refractivity (Wildman–Crippen MR) is 160 cm³/mol. The van der Waals surface area contributed by atoms with E-state index in [1.165, 1.54) is 61.9 Å². The number of amides is 1. The summed E-state index contributed by atoms with van der Waals surface area (Å²) < 4.78 is 41.9. The van der Waals surface area contributed by atoms with Crippen molar-refractivity contribution in [3.8, 4) is 5.75 Å². The molecule has 14 heteroatoms. The minimum absolute atomic E-state index is 0.0382. The maximum absolute atomic E-state index is 12.6. The highest BCUT2D eigenvalue weighted by molar-refractivity contribution is 6.05. The first-order valence-electron chi connectivity index (χ1n) is 14.2. The van der Waals surface area contributed by atoms with Crippen LogP contribution in [-0.2, 0) is 6.54 Å². The third-order valence-corrected chi connectivity index (χ3v) is 7.25. The summed E-state index contributed by atoms with van der Waals surface area (Å²) in [6.45, 7) is 0.306. The van der Waals surface area contributed by atoms with Crippen molar-refractivity contribution in [2.24, 2.45) is 10.7 Å². The van der Waals surface area contributed by atoms with E-state index in [-0.39, 0.29) is 18.4 Å². The molecule has 4 aromatic rings. The number of nitrogens with zero attached hydrogens (tertiary/aromatic N) is 5. The lowest BCUT2D eigenvalue weighted by molar-refractivity contribution is -0.274. The van der Waals surface area contributed by atoms with Gasteiger partial charge in [0.1, 0.15) is 5.75 Å². The zero-order chi connectivity index (χ0) is 30.9. The third kappa shape index (κ3) is 8.31. The Balaban J connectivity index is 1.39. The van der Waals surface area contributed by atoms with Gasteiger partial charge in [-0.25, -0.2) is 4.99 Å². The molecule has 1 heterocycles. The Morgan fingerprint density at radius 2 is 1.68 bits per heavy atom. The van der Waals surface area contributed by atoms with E-state index in [1.807, 2.05) is 29.2 Å². The van der Waals surface area contributed by atoms with Gasteiger partial charge in [-0.15, -0.1) is 18.3 Å². The van der Waals surface area contributed by atoms with Crippen molar-refractivity contribution < 1.29 is 22.7 Å². The van der Waals surface area contributed by atoms with Gasteiger partial charge in [0.15, 0.2) is 0 Å². The largest absolute Gasteiger partial charge is 0.573 e. The summed E-state index contributed by atoms with van der Waals surface area (Å²) in [5.41, 5.74) is 9.73. The van der Waals surface area contributed by atoms with Gasteiger partial charge in [0, 0.05) is 16.9 Å². The molecule has 44 heavy (non-hydrogen) atoms. The summed E-state index contributed by atoms with van der Waals surface area (Å²) in [5.74, 6) is 0.261. The third-order valence-electron chi connectivity index (χ3n) is 7.25. The number of benzene rings is 3. The molecule has 230 valence electrons. The summed E-state index contributed by atoms with van der Waals surface area (Å²) in [5, 5.41) is 18.9. The molecular formula is C30H32F3N9O2. The van der Waals surface area contributed by atoms with Crippen molar-refractivity contribution in [2.75, 3.05) is 22.2 Å². The molecule has 1 aliphatic carbocycles. The van der Waals surface area contributed by atoms with Crippen LogP contribution in [-0.4, -0.2) is 45.5 Å². The molecule has 5 N–H and O–H groups in total. The number of hydrogen-bond acceptors (Lipinski definition) is 7. The van der Waals surface area contributed by atoms with Crippen LogP contribution in [0.3, 0.4) is 0 Å². The normalized spacial score (nSPS) is 14.2. The van der Waals surface area contributed by atoms with Crippen LogP contribution >= 0.6 is 0 Å². The standard InChI is InChI=1S/C30H32F3N9O2/c31-30(32,33)44-26-16-12-24(13-17-26)36-29(35-19-34)42(25-14-10-22(11-15-25)21-4-2-1-3-5-21)18-20-6-8-23(9-7-20)27(43)37-28-38-40-41-39-28/h6-17,21H,1-5,18-19,34H2,(H,35,36)(H2,37,38,39,40,41,43). The van der Waals surface area contributed by atoms with E-state index < -0.39 is 12.3 Å². The van der Waals surface area contributed by atoms with E-state index in [0.717, 1.165) is 11.3 Å². The number of nitrogens with two attached hydrogens (primary N) is 1. The number of tetrazole rings is 1. The molecule has 0 spiro atoms. The molecular weight excluding hydrogens is 575 g/mol. The molecule has 0 bridgehead atoms. The SMILES string of the molecule is NC/N=C(/Nc1ccc(OC(F)(F)F)cc1)N(Cc1ccc(C(=O)Nc2nn[nH]n2)cc1)c1ccc(C2CCCCC2)cc1. The number of rotatable bonds is 9. The van der Waals surface area contributed by atoms with Gasteiger partial charge < -0.3 is 20.7 Å². The van der Waals surface area contributed by atoms with Gasteiger partial charge in [0.2, 0.25) is 5.96 Å². The molecule has 0 aliphatic heterocycles. The molecule has 5 rings (SSSR count). The number of carbonyl (C=O) groups is 1. The van der Waals surface area contributed by atoms with Gasteiger partial charge in [0.05, 0.1) is 13.2 Å². The molecule has 0 saturated heterocycles. The second-order valence-electron chi connectivity index (χ2n) is 10.3. The number of anilines is 3. The first-order valence-corrected chi connectivity index (χ1v) is 14.2. The van der Waals surface area contributed by atoms with Gasteiger partial charge in [-0.3, -0.25) is 10.1 Å². The van der Waals surface area contributed by atoms with Crippen molar-refractivity contribution in [1.29, 1.82) is 0 Å². The minimum atomic E-state index is -4.79. The van der Waals surface area contributed by atoms with Gasteiger partial charge in [-0.05, 0) is 83.6 Å². The van der Waals surface area contributed by atoms with Crippen LogP contribution in [0.4, 0.5) is 30.5 Å². The second kappa shape index (κ2) is 14.0. The first-order chi connectivity index (χ1) is 21.3. The zero-order valence-corrected chi connectivity index (χ0v) is 23.7. The molecule has 1 fully saturated rings. The van der Waals surface area contributed by atoms with Crippen LogP contribution in [0.2, 0.25) is 0 Å². The van der Waals surface area contributed by atoms with Crippen molar-refractivity contribution in [3.05, 3.63) is 89.5 Å². The summed E-state index contributed by atoms with van der Waals surface area (Å²) in [6, 6.07) is 20.7. The van der Waals surface area contributed by atoms with Crippen molar-refractivity contribution in [1.82, 2.24) is 20.6 Å². The van der Waals surface area contributed by atoms with Crippen LogP contribution in [0.25, 0.3) is 0 Å². The molecule has 0 atom stereocenters. The van der Waals surface area contributed by atoms with Crippen LogP contribution in [0, 0.1) is 0 Å². The highest BCUT2D eigenvalue weighted by Gasteiger charge is 2.31. The number of halogens is 3. The summed E-state index contributed by atoms with van der Waals surface area (Å²) in [7, 11) is 0. The number of ether oxygens (including phenoxy) is 1. The Morgan fingerprint density at radius 3 is 2.30 bits per heavy atom. The van der Waals surface area contributed by atoms with Crippen molar-refractivity contribution >= 4 is 29.2 Å².